The van der Waals surface area contributed by atoms with Crippen LogP contribution in [0.1, 0.15) is 11.9 Å². The molecule has 8 nitrogen and oxygen atoms in total. The first-order chi connectivity index (χ1) is 11.2. The number of aromatic nitrogens is 4. The Morgan fingerprint density at radius 1 is 1.29 bits per heavy atom. The van der Waals surface area contributed by atoms with E-state index in [-0.39, 0.29) is 24.0 Å². The summed E-state index contributed by atoms with van der Waals surface area (Å²) in [7, 11) is 2.04. The van der Waals surface area contributed by atoms with E-state index in [1.807, 2.05) is 25.2 Å². The standard InChI is InChI=1S/C15H16N6O2.ClH/c1-21-7-6-16-8-11(21)13-17-15(23-20-13)12-9-4-2-3-5-10(9)14(22)19-18-12;/h2-5,11,16H,6-8H2,1H3,(H,19,22);1H. The van der Waals surface area contributed by atoms with Crippen LogP contribution in [0.4, 0.5) is 0 Å². The number of H-pyrrole nitrogens is 1. The van der Waals surface area contributed by atoms with Crippen molar-refractivity contribution in [1.82, 2.24) is 30.6 Å². The molecule has 1 fully saturated rings. The van der Waals surface area contributed by atoms with Gasteiger partial charge in [0.2, 0.25) is 0 Å². The van der Waals surface area contributed by atoms with Crippen molar-refractivity contribution in [2.24, 2.45) is 0 Å². The number of fused-ring (bicyclic) bond motifs is 1. The van der Waals surface area contributed by atoms with Crippen molar-refractivity contribution in [3.8, 4) is 11.6 Å². The van der Waals surface area contributed by atoms with Crippen molar-refractivity contribution in [2.75, 3.05) is 26.7 Å². The molecule has 1 saturated heterocycles. The van der Waals surface area contributed by atoms with Gasteiger partial charge < -0.3 is 9.84 Å². The predicted octanol–water partition coefficient (Wildman–Crippen LogP) is 0.971. The van der Waals surface area contributed by atoms with E-state index < -0.39 is 0 Å². The van der Waals surface area contributed by atoms with Gasteiger partial charge in [-0.15, -0.1) is 12.4 Å². The molecule has 3 aromatic rings. The van der Waals surface area contributed by atoms with E-state index in [2.05, 4.69) is 30.6 Å². The highest BCUT2D eigenvalue weighted by molar-refractivity contribution is 5.91. The van der Waals surface area contributed by atoms with Gasteiger partial charge in [0.15, 0.2) is 11.5 Å². The second kappa shape index (κ2) is 6.68. The van der Waals surface area contributed by atoms with Gasteiger partial charge in [-0.05, 0) is 13.1 Å². The quantitative estimate of drug-likeness (QED) is 0.711. The Kier molecular flexibility index (Phi) is 4.61. The van der Waals surface area contributed by atoms with Gasteiger partial charge in [-0.2, -0.15) is 10.1 Å². The molecule has 1 unspecified atom stereocenters. The Morgan fingerprint density at radius 2 is 2.08 bits per heavy atom. The van der Waals surface area contributed by atoms with Gasteiger partial charge >= 0.3 is 0 Å². The third-order valence-electron chi connectivity index (χ3n) is 4.15. The van der Waals surface area contributed by atoms with Crippen molar-refractivity contribution >= 4 is 23.2 Å². The summed E-state index contributed by atoms with van der Waals surface area (Å²) in [6.45, 7) is 2.65. The summed E-state index contributed by atoms with van der Waals surface area (Å²) in [6, 6.07) is 7.29. The van der Waals surface area contributed by atoms with Crippen LogP contribution in [0.3, 0.4) is 0 Å². The van der Waals surface area contributed by atoms with Crippen LogP contribution in [0.2, 0.25) is 0 Å². The molecule has 9 heteroatoms. The van der Waals surface area contributed by atoms with Crippen LogP contribution < -0.4 is 10.9 Å². The number of hydrogen-bond donors (Lipinski definition) is 2. The summed E-state index contributed by atoms with van der Waals surface area (Å²) in [4.78, 5) is 18.5. The number of nitrogens with zero attached hydrogens (tertiary/aromatic N) is 4. The van der Waals surface area contributed by atoms with Crippen LogP contribution in [-0.4, -0.2) is 51.9 Å². The third kappa shape index (κ3) is 2.79. The normalized spacial score (nSPS) is 18.5. The van der Waals surface area contributed by atoms with Crippen LogP contribution in [0, 0.1) is 0 Å². The lowest BCUT2D eigenvalue weighted by atomic mass is 10.1. The second-order valence-corrected chi connectivity index (χ2v) is 5.61. The largest absolute Gasteiger partial charge is 0.332 e. The summed E-state index contributed by atoms with van der Waals surface area (Å²) in [6.07, 6.45) is 0. The molecule has 0 spiro atoms. The first kappa shape index (κ1) is 16.6. The van der Waals surface area contributed by atoms with Gasteiger partial charge in [0.25, 0.3) is 11.4 Å². The molecule has 0 radical (unpaired) electrons. The Hall–Kier alpha value is -2.29. The van der Waals surface area contributed by atoms with Crippen LogP contribution >= 0.6 is 12.4 Å². The number of likely N-dealkylation sites (N-methyl/N-ethyl adjacent to an activating group) is 1. The van der Waals surface area contributed by atoms with Crippen LogP contribution in [0.15, 0.2) is 33.6 Å². The molecule has 1 atom stereocenters. The molecule has 1 aromatic carbocycles. The summed E-state index contributed by atoms with van der Waals surface area (Å²) < 4.78 is 5.40. The molecule has 1 aliphatic rings. The van der Waals surface area contributed by atoms with Crippen LogP contribution in [0.5, 0.6) is 0 Å². The maximum atomic E-state index is 11.9. The minimum Gasteiger partial charge on any atom is -0.332 e. The fourth-order valence-electron chi connectivity index (χ4n) is 2.84. The van der Waals surface area contributed by atoms with Gasteiger partial charge in [-0.3, -0.25) is 9.69 Å². The van der Waals surface area contributed by atoms with Crippen molar-refractivity contribution in [3.05, 3.63) is 40.4 Å². The van der Waals surface area contributed by atoms with Gasteiger partial charge in [-0.25, -0.2) is 5.10 Å². The number of piperazine rings is 1. The maximum absolute atomic E-state index is 11.9. The SMILES string of the molecule is CN1CCNCC1c1noc(-c2n[nH]c(=O)c3ccccc23)n1.Cl. The summed E-state index contributed by atoms with van der Waals surface area (Å²) in [5, 5.41) is 15.2. The smallest absolute Gasteiger partial charge is 0.279 e. The molecule has 3 heterocycles. The third-order valence-corrected chi connectivity index (χ3v) is 4.15. The molecule has 0 aliphatic carbocycles. The molecular formula is C15H17ClN6O2. The van der Waals surface area contributed by atoms with Crippen molar-refractivity contribution in [1.29, 1.82) is 0 Å². The minimum absolute atomic E-state index is 0. The maximum Gasteiger partial charge on any atom is 0.279 e. The molecule has 126 valence electrons. The first-order valence-electron chi connectivity index (χ1n) is 7.46. The molecular weight excluding hydrogens is 332 g/mol. The topological polar surface area (TPSA) is 99.9 Å². The zero-order valence-corrected chi connectivity index (χ0v) is 13.8. The summed E-state index contributed by atoms with van der Waals surface area (Å²) >= 11 is 0. The number of aromatic amines is 1. The number of hydrogen-bond acceptors (Lipinski definition) is 7. The van der Waals surface area contributed by atoms with E-state index in [4.69, 9.17) is 4.52 Å². The molecule has 0 saturated carbocycles. The summed E-state index contributed by atoms with van der Waals surface area (Å²) in [5.41, 5.74) is 0.255. The Morgan fingerprint density at radius 3 is 2.88 bits per heavy atom. The molecule has 4 rings (SSSR count). The molecule has 2 aromatic heterocycles. The first-order valence-corrected chi connectivity index (χ1v) is 7.46. The molecule has 0 amide bonds. The predicted molar refractivity (Wildman–Crippen MR) is 91.1 cm³/mol. The number of rotatable bonds is 2. The fraction of sp³-hybridized carbons (Fsp3) is 0.333. The Labute approximate surface area is 143 Å². The highest BCUT2D eigenvalue weighted by Crippen LogP contribution is 2.25. The lowest BCUT2D eigenvalue weighted by Crippen LogP contribution is -2.44. The number of benzene rings is 1. The Bertz CT molecular complexity index is 908. The van der Waals surface area contributed by atoms with Crippen molar-refractivity contribution < 1.29 is 4.52 Å². The number of halogens is 1. The van der Waals surface area contributed by atoms with Crippen LogP contribution in [-0.2, 0) is 0 Å². The van der Waals surface area contributed by atoms with E-state index >= 15 is 0 Å². The molecule has 2 N–H and O–H groups in total. The second-order valence-electron chi connectivity index (χ2n) is 5.61. The zero-order valence-electron chi connectivity index (χ0n) is 13.0. The monoisotopic (exact) mass is 348 g/mol. The van der Waals surface area contributed by atoms with Crippen molar-refractivity contribution in [2.45, 2.75) is 6.04 Å². The van der Waals surface area contributed by atoms with Gasteiger partial charge in [0.1, 0.15) is 0 Å². The highest BCUT2D eigenvalue weighted by Gasteiger charge is 2.26. The van der Waals surface area contributed by atoms with Gasteiger partial charge in [-0.1, -0.05) is 23.4 Å². The van der Waals surface area contributed by atoms with E-state index in [9.17, 15) is 4.79 Å². The number of nitrogens with one attached hydrogen (secondary N) is 2. The molecule has 24 heavy (non-hydrogen) atoms. The lowest BCUT2D eigenvalue weighted by Gasteiger charge is -2.30. The van der Waals surface area contributed by atoms with Crippen molar-refractivity contribution in [3.63, 3.8) is 0 Å². The average Bonchev–Trinajstić information content (AvgIpc) is 3.05. The zero-order chi connectivity index (χ0) is 15.8. The molecule has 1 aliphatic heterocycles. The van der Waals surface area contributed by atoms with E-state index in [0.29, 0.717) is 28.2 Å². The fourth-order valence-corrected chi connectivity index (χ4v) is 2.84. The molecule has 0 bridgehead atoms. The van der Waals surface area contributed by atoms with Crippen LogP contribution in [0.25, 0.3) is 22.4 Å². The summed E-state index contributed by atoms with van der Waals surface area (Å²) in [5.74, 6) is 0.929. The van der Waals surface area contributed by atoms with E-state index in [1.54, 1.807) is 6.07 Å². The average molecular weight is 349 g/mol. The minimum atomic E-state index is -0.236. The van der Waals surface area contributed by atoms with E-state index in [1.165, 1.54) is 0 Å². The highest BCUT2D eigenvalue weighted by atomic mass is 35.5. The Balaban J connectivity index is 0.00000169. The lowest BCUT2D eigenvalue weighted by molar-refractivity contribution is 0.190. The van der Waals surface area contributed by atoms with E-state index in [0.717, 1.165) is 19.6 Å². The van der Waals surface area contributed by atoms with Gasteiger partial charge in [0.05, 0.1) is 11.4 Å². The van der Waals surface area contributed by atoms with Gasteiger partial charge in [0, 0.05) is 25.0 Å².